The number of nitrogens with zero attached hydrogens (tertiary/aromatic N) is 2. The van der Waals surface area contributed by atoms with Crippen LogP contribution in [0.5, 0.6) is 0 Å². The highest BCUT2D eigenvalue weighted by Gasteiger charge is 1.99. The first-order valence-corrected chi connectivity index (χ1v) is 6.23. The van der Waals surface area contributed by atoms with Gasteiger partial charge in [0.1, 0.15) is 0 Å². The van der Waals surface area contributed by atoms with Crippen molar-refractivity contribution >= 4 is 17.4 Å². The lowest BCUT2D eigenvalue weighted by Crippen LogP contribution is -2.03. The maximum atomic E-state index is 5.56. The Balaban J connectivity index is 2.10. The average Bonchev–Trinajstić information content (AvgIpc) is 2.58. The molecule has 80 valence electrons. The standard InChI is InChI=1S/C10H19N3S/c1-3-9(2)8-14-5-4-13-7-10(11)6-12-13/h6-7,9H,3-5,8,11H2,1-2H3. The van der Waals surface area contributed by atoms with Crippen molar-refractivity contribution in [3.05, 3.63) is 12.4 Å². The quantitative estimate of drug-likeness (QED) is 0.737. The molecule has 0 amide bonds. The molecule has 3 nitrogen and oxygen atoms in total. The van der Waals surface area contributed by atoms with Gasteiger partial charge in [-0.05, 0) is 11.7 Å². The van der Waals surface area contributed by atoms with Gasteiger partial charge < -0.3 is 5.73 Å². The number of hydrogen-bond donors (Lipinski definition) is 1. The average molecular weight is 213 g/mol. The number of thioether (sulfide) groups is 1. The summed E-state index contributed by atoms with van der Waals surface area (Å²) in [6, 6.07) is 0. The van der Waals surface area contributed by atoms with Gasteiger partial charge in [0.25, 0.3) is 0 Å². The second kappa shape index (κ2) is 5.96. The van der Waals surface area contributed by atoms with Crippen molar-refractivity contribution in [2.45, 2.75) is 26.8 Å². The zero-order chi connectivity index (χ0) is 10.4. The summed E-state index contributed by atoms with van der Waals surface area (Å²) in [4.78, 5) is 0. The van der Waals surface area contributed by atoms with Crippen LogP contribution in [0.25, 0.3) is 0 Å². The summed E-state index contributed by atoms with van der Waals surface area (Å²) in [7, 11) is 0. The predicted octanol–water partition coefficient (Wildman–Crippen LogP) is 2.24. The van der Waals surface area contributed by atoms with Crippen molar-refractivity contribution in [3.63, 3.8) is 0 Å². The SMILES string of the molecule is CCC(C)CSCCn1cc(N)cn1. The monoisotopic (exact) mass is 213 g/mol. The predicted molar refractivity (Wildman–Crippen MR) is 63.4 cm³/mol. The highest BCUT2D eigenvalue weighted by Crippen LogP contribution is 2.11. The van der Waals surface area contributed by atoms with Crippen molar-refractivity contribution in [2.24, 2.45) is 5.92 Å². The maximum absolute atomic E-state index is 5.56. The largest absolute Gasteiger partial charge is 0.396 e. The molecule has 0 aliphatic heterocycles. The van der Waals surface area contributed by atoms with E-state index in [1.807, 2.05) is 22.6 Å². The lowest BCUT2D eigenvalue weighted by Gasteiger charge is -2.07. The molecule has 14 heavy (non-hydrogen) atoms. The van der Waals surface area contributed by atoms with Crippen LogP contribution in [0.3, 0.4) is 0 Å². The third kappa shape index (κ3) is 4.05. The topological polar surface area (TPSA) is 43.8 Å². The van der Waals surface area contributed by atoms with Crippen LogP contribution in [-0.2, 0) is 6.54 Å². The summed E-state index contributed by atoms with van der Waals surface area (Å²) >= 11 is 1.99. The first-order chi connectivity index (χ1) is 6.72. The second-order valence-corrected chi connectivity index (χ2v) is 4.77. The first-order valence-electron chi connectivity index (χ1n) is 5.08. The Morgan fingerprint density at radius 2 is 2.43 bits per heavy atom. The molecular formula is C10H19N3S. The van der Waals surface area contributed by atoms with Crippen molar-refractivity contribution < 1.29 is 0 Å². The molecule has 0 radical (unpaired) electrons. The molecule has 2 N–H and O–H groups in total. The zero-order valence-electron chi connectivity index (χ0n) is 8.94. The molecule has 4 heteroatoms. The normalized spacial score (nSPS) is 13.0. The summed E-state index contributed by atoms with van der Waals surface area (Å²) in [5.74, 6) is 3.18. The summed E-state index contributed by atoms with van der Waals surface area (Å²) in [5, 5.41) is 4.13. The van der Waals surface area contributed by atoms with Gasteiger partial charge in [-0.25, -0.2) is 0 Å². The molecular weight excluding hydrogens is 194 g/mol. The lowest BCUT2D eigenvalue weighted by atomic mass is 10.2. The number of hydrogen-bond acceptors (Lipinski definition) is 3. The van der Waals surface area contributed by atoms with E-state index in [4.69, 9.17) is 5.73 Å². The minimum atomic E-state index is 0.747. The number of rotatable bonds is 6. The van der Waals surface area contributed by atoms with Gasteiger partial charge in [-0.1, -0.05) is 20.3 Å². The smallest absolute Gasteiger partial charge is 0.0719 e. The Kier molecular flexibility index (Phi) is 4.87. The minimum Gasteiger partial charge on any atom is -0.396 e. The van der Waals surface area contributed by atoms with Crippen LogP contribution >= 0.6 is 11.8 Å². The van der Waals surface area contributed by atoms with E-state index in [1.165, 1.54) is 12.2 Å². The number of anilines is 1. The lowest BCUT2D eigenvalue weighted by molar-refractivity contribution is 0.633. The summed E-state index contributed by atoms with van der Waals surface area (Å²) in [6.07, 6.45) is 4.84. The molecule has 0 fully saturated rings. The van der Waals surface area contributed by atoms with Crippen molar-refractivity contribution in [1.82, 2.24) is 9.78 Å². The van der Waals surface area contributed by atoms with Crippen LogP contribution < -0.4 is 5.73 Å². The fourth-order valence-corrected chi connectivity index (χ4v) is 2.18. The van der Waals surface area contributed by atoms with Gasteiger partial charge in [0.2, 0.25) is 0 Å². The number of nitrogen functional groups attached to an aromatic ring is 1. The van der Waals surface area contributed by atoms with Gasteiger partial charge in [-0.15, -0.1) is 0 Å². The van der Waals surface area contributed by atoms with Crippen LogP contribution in [0, 0.1) is 5.92 Å². The van der Waals surface area contributed by atoms with E-state index in [9.17, 15) is 0 Å². The third-order valence-electron chi connectivity index (χ3n) is 2.22. The van der Waals surface area contributed by atoms with Crippen LogP contribution in [-0.4, -0.2) is 21.3 Å². The van der Waals surface area contributed by atoms with Gasteiger partial charge in [0, 0.05) is 11.9 Å². The maximum Gasteiger partial charge on any atom is 0.0719 e. The molecule has 1 heterocycles. The van der Waals surface area contributed by atoms with E-state index in [0.717, 1.165) is 23.9 Å². The van der Waals surface area contributed by atoms with Gasteiger partial charge in [-0.2, -0.15) is 16.9 Å². The Labute approximate surface area is 90.1 Å². The second-order valence-electron chi connectivity index (χ2n) is 3.63. The van der Waals surface area contributed by atoms with E-state index in [1.54, 1.807) is 6.20 Å². The molecule has 0 saturated heterocycles. The van der Waals surface area contributed by atoms with Crippen LogP contribution in [0.1, 0.15) is 20.3 Å². The van der Waals surface area contributed by atoms with Crippen molar-refractivity contribution in [2.75, 3.05) is 17.2 Å². The van der Waals surface area contributed by atoms with E-state index in [2.05, 4.69) is 18.9 Å². The third-order valence-corrected chi connectivity index (χ3v) is 3.49. The minimum absolute atomic E-state index is 0.747. The molecule has 1 atom stereocenters. The molecule has 0 aliphatic carbocycles. The number of aryl methyl sites for hydroxylation is 1. The molecule has 0 bridgehead atoms. The van der Waals surface area contributed by atoms with Crippen molar-refractivity contribution in [3.8, 4) is 0 Å². The molecule has 1 rings (SSSR count). The van der Waals surface area contributed by atoms with Crippen molar-refractivity contribution in [1.29, 1.82) is 0 Å². The van der Waals surface area contributed by atoms with Gasteiger partial charge in [0.15, 0.2) is 0 Å². The van der Waals surface area contributed by atoms with E-state index in [-0.39, 0.29) is 0 Å². The molecule has 0 saturated carbocycles. The Morgan fingerprint density at radius 3 is 3.00 bits per heavy atom. The molecule has 0 spiro atoms. The highest BCUT2D eigenvalue weighted by atomic mass is 32.2. The molecule has 1 aromatic rings. The Bertz CT molecular complexity index is 260. The molecule has 1 unspecified atom stereocenters. The summed E-state index contributed by atoms with van der Waals surface area (Å²) in [6.45, 7) is 5.48. The highest BCUT2D eigenvalue weighted by molar-refractivity contribution is 7.99. The Morgan fingerprint density at radius 1 is 1.64 bits per heavy atom. The Hall–Kier alpha value is -0.640. The van der Waals surface area contributed by atoms with Crippen LogP contribution in [0.4, 0.5) is 5.69 Å². The van der Waals surface area contributed by atoms with Crippen LogP contribution in [0.15, 0.2) is 12.4 Å². The van der Waals surface area contributed by atoms with E-state index >= 15 is 0 Å². The van der Waals surface area contributed by atoms with Gasteiger partial charge in [0.05, 0.1) is 18.4 Å². The fourth-order valence-electron chi connectivity index (χ4n) is 1.06. The molecule has 0 aromatic carbocycles. The van der Waals surface area contributed by atoms with Gasteiger partial charge in [-0.3, -0.25) is 4.68 Å². The molecule has 0 aliphatic rings. The van der Waals surface area contributed by atoms with E-state index in [0.29, 0.717) is 0 Å². The van der Waals surface area contributed by atoms with E-state index < -0.39 is 0 Å². The van der Waals surface area contributed by atoms with Gasteiger partial charge >= 0.3 is 0 Å². The molecule has 1 aromatic heterocycles. The number of nitrogens with two attached hydrogens (primary N) is 1. The first kappa shape index (κ1) is 11.4. The van der Waals surface area contributed by atoms with Crippen LogP contribution in [0.2, 0.25) is 0 Å². The fraction of sp³-hybridized carbons (Fsp3) is 0.700. The zero-order valence-corrected chi connectivity index (χ0v) is 9.76. The summed E-state index contributed by atoms with van der Waals surface area (Å²) in [5.41, 5.74) is 6.31. The summed E-state index contributed by atoms with van der Waals surface area (Å²) < 4.78 is 1.90. The number of aromatic nitrogens is 2.